The molecule has 0 aliphatic carbocycles. The maximum Gasteiger partial charge on any atom is 0.244 e. The van der Waals surface area contributed by atoms with Gasteiger partial charge in [-0.1, -0.05) is 0 Å². The van der Waals surface area contributed by atoms with Gasteiger partial charge in [0.05, 0.1) is 0 Å². The summed E-state index contributed by atoms with van der Waals surface area (Å²) < 4.78 is 27.4. The number of rotatable bonds is 2. The number of halogens is 1. The molecular weight excluding hydrogens is 330 g/mol. The zero-order valence-electron chi connectivity index (χ0n) is 11.2. The molecule has 19 heavy (non-hydrogen) atoms. The Hall–Kier alpha value is -0.500. The van der Waals surface area contributed by atoms with Gasteiger partial charge in [-0.2, -0.15) is 4.31 Å². The van der Waals surface area contributed by atoms with Crippen molar-refractivity contribution < 1.29 is 8.42 Å². The molecular formula is C12H18BrN3O2S. The van der Waals surface area contributed by atoms with E-state index in [-0.39, 0.29) is 17.0 Å². The Morgan fingerprint density at radius 3 is 2.37 bits per heavy atom. The van der Waals surface area contributed by atoms with Crippen molar-refractivity contribution in [3.63, 3.8) is 0 Å². The number of hydrogen-bond donors (Lipinski definition) is 0. The smallest absolute Gasteiger partial charge is 0.244 e. The summed E-state index contributed by atoms with van der Waals surface area (Å²) >= 11 is 3.26. The van der Waals surface area contributed by atoms with Gasteiger partial charge < -0.3 is 0 Å². The van der Waals surface area contributed by atoms with E-state index in [4.69, 9.17) is 0 Å². The minimum absolute atomic E-state index is 0.207. The van der Waals surface area contributed by atoms with Crippen LogP contribution in [0, 0.1) is 0 Å². The lowest BCUT2D eigenvalue weighted by atomic mass is 10.1. The highest BCUT2D eigenvalue weighted by Crippen LogP contribution is 2.23. The second-order valence-electron chi connectivity index (χ2n) is 5.02. The zero-order valence-corrected chi connectivity index (χ0v) is 13.6. The highest BCUT2D eigenvalue weighted by atomic mass is 79.9. The molecule has 0 aromatic carbocycles. The van der Waals surface area contributed by atoms with E-state index in [1.165, 1.54) is 6.20 Å². The molecule has 2 unspecified atom stereocenters. The van der Waals surface area contributed by atoms with Crippen molar-refractivity contribution in [3.8, 4) is 0 Å². The van der Waals surface area contributed by atoms with Gasteiger partial charge in [0.1, 0.15) is 4.90 Å². The van der Waals surface area contributed by atoms with Gasteiger partial charge in [0.25, 0.3) is 0 Å². The minimum atomic E-state index is -3.46. The third kappa shape index (κ3) is 2.99. The maximum absolute atomic E-state index is 12.6. The summed E-state index contributed by atoms with van der Waals surface area (Å²) in [4.78, 5) is 6.38. The zero-order chi connectivity index (χ0) is 14.2. The Kier molecular flexibility index (Phi) is 4.29. The van der Waals surface area contributed by atoms with Crippen LogP contribution in [-0.2, 0) is 10.0 Å². The summed E-state index contributed by atoms with van der Waals surface area (Å²) in [5.74, 6) is 0. The molecule has 5 nitrogen and oxygen atoms in total. The molecule has 0 saturated carbocycles. The Morgan fingerprint density at radius 2 is 1.84 bits per heavy atom. The van der Waals surface area contributed by atoms with Crippen molar-refractivity contribution in [1.29, 1.82) is 0 Å². The molecule has 1 aromatic heterocycles. The lowest BCUT2D eigenvalue weighted by molar-refractivity contribution is 0.105. The lowest BCUT2D eigenvalue weighted by Crippen LogP contribution is -2.56. The number of piperazine rings is 1. The van der Waals surface area contributed by atoms with E-state index >= 15 is 0 Å². The van der Waals surface area contributed by atoms with Crippen molar-refractivity contribution >= 4 is 26.0 Å². The summed E-state index contributed by atoms with van der Waals surface area (Å²) in [7, 11) is -1.43. The Balaban J connectivity index is 2.30. The summed E-state index contributed by atoms with van der Waals surface area (Å²) in [5, 5.41) is 0. The molecule has 1 saturated heterocycles. The molecule has 0 spiro atoms. The SMILES string of the molecule is CC1CN(S(=O)(=O)c2cncc(Br)c2)CC(C)N1C. The summed E-state index contributed by atoms with van der Waals surface area (Å²) in [6.07, 6.45) is 2.97. The topological polar surface area (TPSA) is 53.5 Å². The highest BCUT2D eigenvalue weighted by Gasteiger charge is 2.34. The van der Waals surface area contributed by atoms with Crippen LogP contribution in [0.5, 0.6) is 0 Å². The summed E-state index contributed by atoms with van der Waals surface area (Å²) in [6, 6.07) is 2.01. The van der Waals surface area contributed by atoms with Gasteiger partial charge in [-0.3, -0.25) is 9.88 Å². The van der Waals surface area contributed by atoms with Crippen LogP contribution in [0.1, 0.15) is 13.8 Å². The predicted molar refractivity (Wildman–Crippen MR) is 77.4 cm³/mol. The van der Waals surface area contributed by atoms with Crippen molar-refractivity contribution in [1.82, 2.24) is 14.2 Å². The Labute approximate surface area is 122 Å². The van der Waals surface area contributed by atoms with E-state index < -0.39 is 10.0 Å². The van der Waals surface area contributed by atoms with E-state index in [0.717, 1.165) is 0 Å². The fourth-order valence-corrected chi connectivity index (χ4v) is 4.34. The van der Waals surface area contributed by atoms with Gasteiger partial charge >= 0.3 is 0 Å². The fraction of sp³-hybridized carbons (Fsp3) is 0.583. The van der Waals surface area contributed by atoms with Crippen molar-refractivity contribution in [2.24, 2.45) is 0 Å². The van der Waals surface area contributed by atoms with E-state index in [0.29, 0.717) is 17.6 Å². The van der Waals surface area contributed by atoms with E-state index in [1.807, 2.05) is 20.9 Å². The normalized spacial score (nSPS) is 26.5. The molecule has 2 atom stereocenters. The molecule has 1 aromatic rings. The monoisotopic (exact) mass is 347 g/mol. The fourth-order valence-electron chi connectivity index (χ4n) is 2.23. The first-order valence-corrected chi connectivity index (χ1v) is 8.38. The minimum Gasteiger partial charge on any atom is -0.298 e. The third-order valence-corrected chi connectivity index (χ3v) is 5.87. The molecule has 7 heteroatoms. The number of likely N-dealkylation sites (N-methyl/N-ethyl adjacent to an activating group) is 1. The average Bonchev–Trinajstić information content (AvgIpc) is 2.35. The molecule has 106 valence electrons. The Bertz CT molecular complexity index is 552. The molecule has 0 bridgehead atoms. The first kappa shape index (κ1) is 14.9. The largest absolute Gasteiger partial charge is 0.298 e. The average molecular weight is 348 g/mol. The molecule has 1 aliphatic heterocycles. The molecule has 0 N–H and O–H groups in total. The molecule has 2 heterocycles. The van der Waals surface area contributed by atoms with Crippen LogP contribution >= 0.6 is 15.9 Å². The van der Waals surface area contributed by atoms with Crippen LogP contribution in [-0.4, -0.2) is 54.8 Å². The quantitative estimate of drug-likeness (QED) is 0.814. The standard InChI is InChI=1S/C12H18BrN3O2S/c1-9-7-16(8-10(2)15(9)3)19(17,18)12-4-11(13)5-14-6-12/h4-6,9-10H,7-8H2,1-3H3. The van der Waals surface area contributed by atoms with Crippen LogP contribution in [0.25, 0.3) is 0 Å². The number of nitrogens with zero attached hydrogens (tertiary/aromatic N) is 3. The second kappa shape index (κ2) is 5.47. The lowest BCUT2D eigenvalue weighted by Gasteiger charge is -2.41. The number of hydrogen-bond acceptors (Lipinski definition) is 4. The van der Waals surface area contributed by atoms with Gasteiger partial charge in [-0.15, -0.1) is 0 Å². The summed E-state index contributed by atoms with van der Waals surface area (Å²) in [5.41, 5.74) is 0. The second-order valence-corrected chi connectivity index (χ2v) is 7.88. The number of aromatic nitrogens is 1. The van der Waals surface area contributed by atoms with E-state index in [9.17, 15) is 8.42 Å². The molecule has 2 rings (SSSR count). The van der Waals surface area contributed by atoms with Crippen molar-refractivity contribution in [2.75, 3.05) is 20.1 Å². The molecule has 1 fully saturated rings. The van der Waals surface area contributed by atoms with Crippen LogP contribution in [0.2, 0.25) is 0 Å². The third-order valence-electron chi connectivity index (χ3n) is 3.64. The van der Waals surface area contributed by atoms with Gasteiger partial charge in [0, 0.05) is 42.0 Å². The van der Waals surface area contributed by atoms with Gasteiger partial charge in [0.2, 0.25) is 10.0 Å². The molecule has 1 aliphatic rings. The van der Waals surface area contributed by atoms with E-state index in [2.05, 4.69) is 25.8 Å². The van der Waals surface area contributed by atoms with Crippen LogP contribution in [0.15, 0.2) is 27.8 Å². The number of sulfonamides is 1. The first-order chi connectivity index (χ1) is 8.82. The van der Waals surface area contributed by atoms with Crippen molar-refractivity contribution in [3.05, 3.63) is 22.9 Å². The highest BCUT2D eigenvalue weighted by molar-refractivity contribution is 9.10. The van der Waals surface area contributed by atoms with E-state index in [1.54, 1.807) is 16.6 Å². The number of pyridine rings is 1. The maximum atomic E-state index is 12.6. The van der Waals surface area contributed by atoms with Gasteiger partial charge in [-0.25, -0.2) is 8.42 Å². The summed E-state index contributed by atoms with van der Waals surface area (Å²) in [6.45, 7) is 5.10. The molecule has 0 radical (unpaired) electrons. The Morgan fingerprint density at radius 1 is 1.26 bits per heavy atom. The van der Waals surface area contributed by atoms with Crippen LogP contribution in [0.4, 0.5) is 0 Å². The van der Waals surface area contributed by atoms with Crippen LogP contribution < -0.4 is 0 Å². The van der Waals surface area contributed by atoms with Crippen molar-refractivity contribution in [2.45, 2.75) is 30.8 Å². The van der Waals surface area contributed by atoms with Gasteiger partial charge in [-0.05, 0) is 42.9 Å². The predicted octanol–water partition coefficient (Wildman–Crippen LogP) is 1.56. The van der Waals surface area contributed by atoms with Crippen LogP contribution in [0.3, 0.4) is 0 Å². The molecule has 0 amide bonds. The van der Waals surface area contributed by atoms with Gasteiger partial charge in [0.15, 0.2) is 0 Å². The first-order valence-electron chi connectivity index (χ1n) is 6.15.